The molecule has 7 nitrogen and oxygen atoms in total. The maximum absolute atomic E-state index is 12.6. The van der Waals surface area contributed by atoms with Crippen LogP contribution in [0, 0.1) is 0 Å². The molecular formula is C19H19Cl2N3O4. The first-order valence-corrected chi connectivity index (χ1v) is 9.48. The quantitative estimate of drug-likeness (QED) is 0.801. The maximum Gasteiger partial charge on any atom is 0.274 e. The van der Waals surface area contributed by atoms with E-state index in [1.165, 1.54) is 29.9 Å². The number of anilines is 1. The molecule has 2 heterocycles. The Morgan fingerprint density at radius 1 is 1.18 bits per heavy atom. The molecule has 0 aliphatic carbocycles. The highest BCUT2D eigenvalue weighted by atomic mass is 35.5. The number of rotatable bonds is 5. The predicted molar refractivity (Wildman–Crippen MR) is 107 cm³/mol. The molecule has 0 saturated carbocycles. The van der Waals surface area contributed by atoms with Crippen molar-refractivity contribution in [1.29, 1.82) is 0 Å². The summed E-state index contributed by atoms with van der Waals surface area (Å²) in [5.74, 6) is -0.409. The molecule has 1 N–H and O–H groups in total. The molecule has 1 saturated heterocycles. The van der Waals surface area contributed by atoms with Gasteiger partial charge in [-0.15, -0.1) is 0 Å². The number of nitrogens with zero attached hydrogens (tertiary/aromatic N) is 2. The summed E-state index contributed by atoms with van der Waals surface area (Å²) in [7, 11) is 1.53. The number of nitrogens with one attached hydrogen (secondary N) is 1. The van der Waals surface area contributed by atoms with Crippen LogP contribution >= 0.6 is 23.2 Å². The molecule has 0 spiro atoms. The molecule has 1 aliphatic heterocycles. The molecule has 2 aromatic rings. The summed E-state index contributed by atoms with van der Waals surface area (Å²) in [5, 5.41) is 3.22. The fourth-order valence-electron chi connectivity index (χ4n) is 2.94. The van der Waals surface area contributed by atoms with Crippen LogP contribution in [0.25, 0.3) is 0 Å². The van der Waals surface area contributed by atoms with Gasteiger partial charge < -0.3 is 19.5 Å². The number of amides is 2. The number of carbonyl (C=O) groups excluding carboxylic acids is 2. The van der Waals surface area contributed by atoms with Crippen molar-refractivity contribution in [3.63, 3.8) is 0 Å². The first-order valence-electron chi connectivity index (χ1n) is 8.73. The van der Waals surface area contributed by atoms with Gasteiger partial charge in [0.2, 0.25) is 0 Å². The molecule has 1 aromatic carbocycles. The van der Waals surface area contributed by atoms with E-state index in [1.807, 2.05) is 0 Å². The Labute approximate surface area is 171 Å². The van der Waals surface area contributed by atoms with Crippen molar-refractivity contribution in [3.05, 3.63) is 56.4 Å². The standard InChI is InChI=1S/C19H19Cl2N3O4/c1-23-10-12(18(26)24-6-2-3-7-24)8-15(19(23)27)22-17(25)11-28-16-5-4-13(20)9-14(16)21/h4-5,8-10H,2-3,6-7,11H2,1H3,(H,22,25). The number of aryl methyl sites for hydroxylation is 1. The molecule has 0 unspecified atom stereocenters. The van der Waals surface area contributed by atoms with Crippen molar-refractivity contribution < 1.29 is 14.3 Å². The van der Waals surface area contributed by atoms with E-state index in [1.54, 1.807) is 17.0 Å². The summed E-state index contributed by atoms with van der Waals surface area (Å²) in [4.78, 5) is 38.8. The van der Waals surface area contributed by atoms with Gasteiger partial charge in [0.25, 0.3) is 17.4 Å². The lowest BCUT2D eigenvalue weighted by Gasteiger charge is -2.16. The van der Waals surface area contributed by atoms with Crippen molar-refractivity contribution in [2.24, 2.45) is 7.05 Å². The van der Waals surface area contributed by atoms with Gasteiger partial charge in [-0.05, 0) is 37.1 Å². The Morgan fingerprint density at radius 2 is 1.89 bits per heavy atom. The van der Waals surface area contributed by atoms with Gasteiger partial charge in [-0.25, -0.2) is 0 Å². The minimum Gasteiger partial charge on any atom is -0.482 e. The lowest BCUT2D eigenvalue weighted by Crippen LogP contribution is -2.31. The fraction of sp³-hybridized carbons (Fsp3) is 0.316. The van der Waals surface area contributed by atoms with Crippen molar-refractivity contribution in [3.8, 4) is 5.75 Å². The molecule has 28 heavy (non-hydrogen) atoms. The van der Waals surface area contributed by atoms with Gasteiger partial charge in [-0.3, -0.25) is 14.4 Å². The molecule has 1 aliphatic rings. The van der Waals surface area contributed by atoms with E-state index in [-0.39, 0.29) is 23.2 Å². The molecule has 0 bridgehead atoms. The zero-order chi connectivity index (χ0) is 20.3. The molecule has 148 valence electrons. The Hall–Kier alpha value is -2.51. The Kier molecular flexibility index (Phi) is 6.26. The van der Waals surface area contributed by atoms with Crippen LogP contribution in [0.4, 0.5) is 5.69 Å². The largest absolute Gasteiger partial charge is 0.482 e. The van der Waals surface area contributed by atoms with Gasteiger partial charge in [0.15, 0.2) is 6.61 Å². The smallest absolute Gasteiger partial charge is 0.274 e. The van der Waals surface area contributed by atoms with Crippen LogP contribution in [0.2, 0.25) is 10.0 Å². The van der Waals surface area contributed by atoms with Crippen LogP contribution in [-0.2, 0) is 11.8 Å². The topological polar surface area (TPSA) is 80.6 Å². The van der Waals surface area contributed by atoms with Crippen LogP contribution in [0.15, 0.2) is 35.3 Å². The molecule has 9 heteroatoms. The van der Waals surface area contributed by atoms with Crippen molar-refractivity contribution in [2.45, 2.75) is 12.8 Å². The summed E-state index contributed by atoms with van der Waals surface area (Å²) in [6.07, 6.45) is 3.40. The van der Waals surface area contributed by atoms with E-state index in [0.717, 1.165) is 12.8 Å². The normalized spacial score (nSPS) is 13.5. The van der Waals surface area contributed by atoms with Crippen LogP contribution in [-0.4, -0.2) is 41.0 Å². The van der Waals surface area contributed by atoms with Gasteiger partial charge in [0.1, 0.15) is 11.4 Å². The zero-order valence-corrected chi connectivity index (χ0v) is 16.7. The minimum absolute atomic E-state index is 0.0170. The number of hydrogen-bond donors (Lipinski definition) is 1. The number of ether oxygens (including phenoxy) is 1. The Bertz CT molecular complexity index is 968. The monoisotopic (exact) mass is 423 g/mol. The number of likely N-dealkylation sites (tertiary alicyclic amines) is 1. The number of carbonyl (C=O) groups is 2. The number of aromatic nitrogens is 1. The second kappa shape index (κ2) is 8.67. The average molecular weight is 424 g/mol. The van der Waals surface area contributed by atoms with E-state index in [4.69, 9.17) is 27.9 Å². The molecule has 0 radical (unpaired) electrons. The Balaban J connectivity index is 1.71. The predicted octanol–water partition coefficient (Wildman–Crippen LogP) is 2.95. The van der Waals surface area contributed by atoms with Crippen molar-refractivity contribution in [1.82, 2.24) is 9.47 Å². The number of benzene rings is 1. The summed E-state index contributed by atoms with van der Waals surface area (Å²) >= 11 is 11.8. The number of halogens is 2. The fourth-order valence-corrected chi connectivity index (χ4v) is 3.41. The molecule has 1 fully saturated rings. The molecule has 1 aromatic heterocycles. The summed E-state index contributed by atoms with van der Waals surface area (Å²) in [6.45, 7) is 1.03. The van der Waals surface area contributed by atoms with Gasteiger partial charge in [-0.1, -0.05) is 23.2 Å². The first-order chi connectivity index (χ1) is 13.3. The molecule has 2 amide bonds. The second-order valence-corrected chi connectivity index (χ2v) is 7.31. The van der Waals surface area contributed by atoms with E-state index in [2.05, 4.69) is 5.32 Å². The van der Waals surface area contributed by atoms with Crippen molar-refractivity contribution >= 4 is 40.7 Å². The van der Waals surface area contributed by atoms with E-state index >= 15 is 0 Å². The van der Waals surface area contributed by atoms with Crippen LogP contribution in [0.5, 0.6) is 5.75 Å². The summed E-state index contributed by atoms with van der Waals surface area (Å²) < 4.78 is 6.64. The van der Waals surface area contributed by atoms with Crippen LogP contribution in [0.1, 0.15) is 23.2 Å². The SMILES string of the molecule is Cn1cc(C(=O)N2CCCC2)cc(NC(=O)COc2ccc(Cl)cc2Cl)c1=O. The van der Waals surface area contributed by atoms with E-state index in [0.29, 0.717) is 29.4 Å². The van der Waals surface area contributed by atoms with Crippen molar-refractivity contribution in [2.75, 3.05) is 25.0 Å². The third-order valence-corrected chi connectivity index (χ3v) is 4.88. The third kappa shape index (κ3) is 4.66. The number of pyridine rings is 1. The maximum atomic E-state index is 12.6. The third-order valence-electron chi connectivity index (χ3n) is 4.35. The average Bonchev–Trinajstić information content (AvgIpc) is 3.18. The van der Waals surface area contributed by atoms with Crippen LogP contribution in [0.3, 0.4) is 0 Å². The molecule has 3 rings (SSSR count). The lowest BCUT2D eigenvalue weighted by atomic mass is 10.2. The molecule has 0 atom stereocenters. The highest BCUT2D eigenvalue weighted by Crippen LogP contribution is 2.27. The first kappa shape index (κ1) is 20.2. The summed E-state index contributed by atoms with van der Waals surface area (Å²) in [6, 6.07) is 6.03. The highest BCUT2D eigenvalue weighted by molar-refractivity contribution is 6.35. The minimum atomic E-state index is -0.547. The zero-order valence-electron chi connectivity index (χ0n) is 15.2. The second-order valence-electron chi connectivity index (χ2n) is 6.47. The van der Waals surface area contributed by atoms with E-state index in [9.17, 15) is 14.4 Å². The van der Waals surface area contributed by atoms with Crippen LogP contribution < -0.4 is 15.6 Å². The van der Waals surface area contributed by atoms with Gasteiger partial charge in [0.05, 0.1) is 10.6 Å². The van der Waals surface area contributed by atoms with Gasteiger partial charge in [-0.2, -0.15) is 0 Å². The summed E-state index contributed by atoms with van der Waals surface area (Å²) in [5.41, 5.74) is -0.0554. The Morgan fingerprint density at radius 3 is 2.57 bits per heavy atom. The lowest BCUT2D eigenvalue weighted by molar-refractivity contribution is -0.118. The highest BCUT2D eigenvalue weighted by Gasteiger charge is 2.21. The van der Waals surface area contributed by atoms with Gasteiger partial charge >= 0.3 is 0 Å². The molecular weight excluding hydrogens is 405 g/mol. The van der Waals surface area contributed by atoms with E-state index < -0.39 is 11.5 Å². The van der Waals surface area contributed by atoms with Gasteiger partial charge in [0, 0.05) is 31.4 Å². The number of hydrogen-bond acceptors (Lipinski definition) is 4.